The monoisotopic (exact) mass is 406 g/mol. The summed E-state index contributed by atoms with van der Waals surface area (Å²) in [4.78, 5) is 36.4. The highest BCUT2D eigenvalue weighted by Crippen LogP contribution is 2.20. The largest absolute Gasteiger partial charge is 0.478 e. The SMILES string of the molecule is O=C(O)/C=C/c1ccc(C(=O)NC(C(=O)NC2CCCCC2)c2ccccc2)cc1. The number of carboxylic acids is 1. The van der Waals surface area contributed by atoms with E-state index in [1.807, 2.05) is 30.3 Å². The van der Waals surface area contributed by atoms with Crippen LogP contribution in [-0.4, -0.2) is 28.9 Å². The van der Waals surface area contributed by atoms with E-state index in [9.17, 15) is 14.4 Å². The van der Waals surface area contributed by atoms with Gasteiger partial charge in [0.25, 0.3) is 5.91 Å². The third-order valence-electron chi connectivity index (χ3n) is 5.21. The van der Waals surface area contributed by atoms with E-state index in [2.05, 4.69) is 10.6 Å². The quantitative estimate of drug-likeness (QED) is 0.611. The Balaban J connectivity index is 1.73. The smallest absolute Gasteiger partial charge is 0.328 e. The zero-order chi connectivity index (χ0) is 21.3. The first-order valence-electron chi connectivity index (χ1n) is 10.2. The van der Waals surface area contributed by atoms with Gasteiger partial charge in [0.15, 0.2) is 0 Å². The van der Waals surface area contributed by atoms with Crippen LogP contribution in [0.15, 0.2) is 60.7 Å². The molecule has 1 atom stereocenters. The van der Waals surface area contributed by atoms with Gasteiger partial charge in [0.2, 0.25) is 5.91 Å². The van der Waals surface area contributed by atoms with Crippen molar-refractivity contribution in [2.45, 2.75) is 44.2 Å². The Kier molecular flexibility index (Phi) is 7.38. The highest BCUT2D eigenvalue weighted by Gasteiger charge is 2.26. The number of amides is 2. The Morgan fingerprint density at radius 3 is 2.23 bits per heavy atom. The molecule has 0 aromatic heterocycles. The van der Waals surface area contributed by atoms with Crippen LogP contribution in [0.25, 0.3) is 6.08 Å². The second-order valence-electron chi connectivity index (χ2n) is 7.45. The molecule has 0 heterocycles. The molecule has 0 spiro atoms. The van der Waals surface area contributed by atoms with E-state index >= 15 is 0 Å². The van der Waals surface area contributed by atoms with Gasteiger partial charge < -0.3 is 15.7 Å². The minimum atomic E-state index is -1.04. The number of benzene rings is 2. The number of carbonyl (C=O) groups excluding carboxylic acids is 2. The fourth-order valence-corrected chi connectivity index (χ4v) is 3.60. The predicted molar refractivity (Wildman–Crippen MR) is 115 cm³/mol. The summed E-state index contributed by atoms with van der Waals surface area (Å²) >= 11 is 0. The number of hydrogen-bond donors (Lipinski definition) is 3. The zero-order valence-corrected chi connectivity index (χ0v) is 16.7. The lowest BCUT2D eigenvalue weighted by molar-refractivity contribution is -0.131. The number of aliphatic carboxylic acids is 1. The maximum absolute atomic E-state index is 13.0. The van der Waals surface area contributed by atoms with E-state index in [-0.39, 0.29) is 17.9 Å². The summed E-state index contributed by atoms with van der Waals surface area (Å²) in [6.45, 7) is 0. The first kappa shape index (κ1) is 21.3. The van der Waals surface area contributed by atoms with Gasteiger partial charge in [0, 0.05) is 17.7 Å². The van der Waals surface area contributed by atoms with Gasteiger partial charge in [-0.1, -0.05) is 61.7 Å². The van der Waals surface area contributed by atoms with E-state index < -0.39 is 12.0 Å². The number of hydrogen-bond acceptors (Lipinski definition) is 3. The molecule has 1 aliphatic rings. The molecular weight excluding hydrogens is 380 g/mol. The summed E-state index contributed by atoms with van der Waals surface area (Å²) in [6, 6.07) is 15.1. The molecule has 2 aromatic carbocycles. The Hall–Kier alpha value is -3.41. The van der Waals surface area contributed by atoms with Crippen LogP contribution in [0, 0.1) is 0 Å². The van der Waals surface area contributed by atoms with E-state index in [0.29, 0.717) is 11.1 Å². The minimum absolute atomic E-state index is 0.148. The summed E-state index contributed by atoms with van der Waals surface area (Å²) in [6.07, 6.45) is 7.83. The molecule has 6 heteroatoms. The molecule has 6 nitrogen and oxygen atoms in total. The van der Waals surface area contributed by atoms with Gasteiger partial charge in [0.1, 0.15) is 6.04 Å². The lowest BCUT2D eigenvalue weighted by Gasteiger charge is -2.26. The van der Waals surface area contributed by atoms with E-state index in [1.54, 1.807) is 24.3 Å². The molecule has 30 heavy (non-hydrogen) atoms. The second kappa shape index (κ2) is 10.4. The molecule has 3 rings (SSSR count). The lowest BCUT2D eigenvalue weighted by atomic mass is 9.95. The minimum Gasteiger partial charge on any atom is -0.478 e. The van der Waals surface area contributed by atoms with Gasteiger partial charge in [0.05, 0.1) is 0 Å². The van der Waals surface area contributed by atoms with Gasteiger partial charge in [-0.2, -0.15) is 0 Å². The standard InChI is InChI=1S/C24H26N2O4/c27-21(28)16-13-17-11-14-19(15-12-17)23(29)26-22(18-7-3-1-4-8-18)24(30)25-20-9-5-2-6-10-20/h1,3-4,7-8,11-16,20,22H,2,5-6,9-10H2,(H,25,30)(H,26,29)(H,27,28)/b16-13+. The molecule has 2 amide bonds. The van der Waals surface area contributed by atoms with Gasteiger partial charge >= 0.3 is 5.97 Å². The third kappa shape index (κ3) is 6.04. The van der Waals surface area contributed by atoms with Crippen molar-refractivity contribution >= 4 is 23.9 Å². The van der Waals surface area contributed by atoms with Crippen molar-refractivity contribution in [2.24, 2.45) is 0 Å². The number of nitrogens with one attached hydrogen (secondary N) is 2. The fourth-order valence-electron chi connectivity index (χ4n) is 3.60. The van der Waals surface area contributed by atoms with Crippen molar-refractivity contribution in [1.82, 2.24) is 10.6 Å². The van der Waals surface area contributed by atoms with Crippen LogP contribution in [0.5, 0.6) is 0 Å². The average Bonchev–Trinajstić information content (AvgIpc) is 2.77. The van der Waals surface area contributed by atoms with Crippen LogP contribution < -0.4 is 10.6 Å². The Morgan fingerprint density at radius 1 is 0.933 bits per heavy atom. The van der Waals surface area contributed by atoms with Crippen LogP contribution in [0.4, 0.5) is 0 Å². The Labute approximate surface area is 176 Å². The summed E-state index contributed by atoms with van der Waals surface area (Å²) in [7, 11) is 0. The first-order chi connectivity index (χ1) is 14.5. The van der Waals surface area contributed by atoms with Gasteiger partial charge in [-0.3, -0.25) is 9.59 Å². The highest BCUT2D eigenvalue weighted by molar-refractivity contribution is 5.98. The van der Waals surface area contributed by atoms with Gasteiger partial charge in [-0.05, 0) is 42.2 Å². The van der Waals surface area contributed by atoms with Crippen LogP contribution in [0.3, 0.4) is 0 Å². The molecule has 3 N–H and O–H groups in total. The van der Waals surface area contributed by atoms with E-state index in [4.69, 9.17) is 5.11 Å². The molecule has 1 saturated carbocycles. The normalized spacial score (nSPS) is 15.5. The molecule has 1 fully saturated rings. The molecule has 156 valence electrons. The highest BCUT2D eigenvalue weighted by atomic mass is 16.4. The molecule has 1 aliphatic carbocycles. The summed E-state index contributed by atoms with van der Waals surface area (Å²) in [5, 5.41) is 14.6. The summed E-state index contributed by atoms with van der Waals surface area (Å²) < 4.78 is 0. The average molecular weight is 406 g/mol. The van der Waals surface area contributed by atoms with Crippen LogP contribution in [0.2, 0.25) is 0 Å². The topological polar surface area (TPSA) is 95.5 Å². The maximum atomic E-state index is 13.0. The summed E-state index contributed by atoms with van der Waals surface area (Å²) in [5.41, 5.74) is 1.79. The van der Waals surface area contributed by atoms with Crippen molar-refractivity contribution in [1.29, 1.82) is 0 Å². The Bertz CT molecular complexity index is 901. The van der Waals surface area contributed by atoms with Gasteiger partial charge in [-0.25, -0.2) is 4.79 Å². The summed E-state index contributed by atoms with van der Waals surface area (Å²) in [5.74, 6) is -1.61. The van der Waals surface area contributed by atoms with Crippen LogP contribution in [0.1, 0.15) is 59.6 Å². The van der Waals surface area contributed by atoms with E-state index in [1.165, 1.54) is 12.5 Å². The predicted octanol–water partition coefficient (Wildman–Crippen LogP) is 3.70. The van der Waals surface area contributed by atoms with Crippen molar-refractivity contribution < 1.29 is 19.5 Å². The molecule has 1 unspecified atom stereocenters. The number of carbonyl (C=O) groups is 3. The fraction of sp³-hybridized carbons (Fsp3) is 0.292. The van der Waals surface area contributed by atoms with Crippen LogP contribution in [-0.2, 0) is 9.59 Å². The molecule has 0 aliphatic heterocycles. The molecule has 0 radical (unpaired) electrons. The molecule has 2 aromatic rings. The van der Waals surface area contributed by atoms with Gasteiger partial charge in [-0.15, -0.1) is 0 Å². The second-order valence-corrected chi connectivity index (χ2v) is 7.45. The zero-order valence-electron chi connectivity index (χ0n) is 16.7. The van der Waals surface area contributed by atoms with Crippen molar-refractivity contribution in [2.75, 3.05) is 0 Å². The molecule has 0 bridgehead atoms. The van der Waals surface area contributed by atoms with E-state index in [0.717, 1.165) is 37.3 Å². The third-order valence-corrected chi connectivity index (χ3v) is 5.21. The van der Waals surface area contributed by atoms with Crippen molar-refractivity contribution in [3.8, 4) is 0 Å². The van der Waals surface area contributed by atoms with Crippen molar-refractivity contribution in [3.63, 3.8) is 0 Å². The van der Waals surface area contributed by atoms with Crippen molar-refractivity contribution in [3.05, 3.63) is 77.4 Å². The Morgan fingerprint density at radius 2 is 1.60 bits per heavy atom. The number of carboxylic acid groups (broad SMARTS) is 1. The van der Waals surface area contributed by atoms with Crippen LogP contribution >= 0.6 is 0 Å². The molecular formula is C24H26N2O4. The number of rotatable bonds is 7. The maximum Gasteiger partial charge on any atom is 0.328 e. The molecule has 0 saturated heterocycles. The first-order valence-corrected chi connectivity index (χ1v) is 10.2. The lowest BCUT2D eigenvalue weighted by Crippen LogP contribution is -2.45.